The Labute approximate surface area is 174 Å². The van der Waals surface area contributed by atoms with E-state index in [4.69, 9.17) is 0 Å². The van der Waals surface area contributed by atoms with E-state index in [9.17, 15) is 0 Å². The Balaban J connectivity index is 2.08. The predicted molar refractivity (Wildman–Crippen MR) is 118 cm³/mol. The van der Waals surface area contributed by atoms with Gasteiger partial charge in [-0.1, -0.05) is 56.1 Å². The molecule has 110 valence electrons. The molecule has 0 radical (unpaired) electrons. The highest BCUT2D eigenvalue weighted by molar-refractivity contribution is 14.1. The summed E-state index contributed by atoms with van der Waals surface area (Å²) in [7, 11) is 0. The minimum Gasteiger partial charge on any atom is -0.0533 e. The SMILES string of the molecule is Brc1cc(-c2ccc(I)cc2)c(Br)cc1-c1ccc(I)cc1. The third kappa shape index (κ3) is 3.76. The Hall–Kier alpha value is 0.0800. The van der Waals surface area contributed by atoms with Gasteiger partial charge in [0, 0.05) is 16.1 Å². The molecule has 22 heavy (non-hydrogen) atoms. The van der Waals surface area contributed by atoms with E-state index in [0.717, 1.165) is 8.95 Å². The molecule has 3 aromatic carbocycles. The lowest BCUT2D eigenvalue weighted by molar-refractivity contribution is 1.52. The Kier molecular flexibility index (Phi) is 5.63. The largest absolute Gasteiger partial charge is 0.0533 e. The van der Waals surface area contributed by atoms with Crippen molar-refractivity contribution in [3.63, 3.8) is 0 Å². The fourth-order valence-corrected chi connectivity index (χ4v) is 4.11. The Morgan fingerprint density at radius 2 is 0.864 bits per heavy atom. The standard InChI is InChI=1S/C18H10Br2I2/c19-17-10-16(12-3-7-14(22)8-4-12)18(20)9-15(17)11-1-5-13(21)6-2-11/h1-10H. The van der Waals surface area contributed by atoms with Gasteiger partial charge in [-0.05, 0) is 104 Å². The highest BCUT2D eigenvalue weighted by atomic mass is 127. The Morgan fingerprint density at radius 3 is 1.18 bits per heavy atom. The molecule has 0 unspecified atom stereocenters. The molecule has 0 fully saturated rings. The van der Waals surface area contributed by atoms with Crippen LogP contribution in [0.15, 0.2) is 69.6 Å². The van der Waals surface area contributed by atoms with Crippen LogP contribution in [0.2, 0.25) is 0 Å². The summed E-state index contributed by atoms with van der Waals surface area (Å²) in [6.45, 7) is 0. The lowest BCUT2D eigenvalue weighted by Crippen LogP contribution is -1.86. The molecule has 0 amide bonds. The van der Waals surface area contributed by atoms with Crippen molar-refractivity contribution in [1.82, 2.24) is 0 Å². The van der Waals surface area contributed by atoms with Crippen molar-refractivity contribution in [2.45, 2.75) is 0 Å². The van der Waals surface area contributed by atoms with Gasteiger partial charge in [-0.2, -0.15) is 0 Å². The predicted octanol–water partition coefficient (Wildman–Crippen LogP) is 7.75. The molecule has 0 saturated carbocycles. The van der Waals surface area contributed by atoms with Crippen molar-refractivity contribution in [1.29, 1.82) is 0 Å². The summed E-state index contributed by atoms with van der Waals surface area (Å²) in [4.78, 5) is 0. The first-order valence-electron chi connectivity index (χ1n) is 6.55. The summed E-state index contributed by atoms with van der Waals surface area (Å²) in [5, 5.41) is 0. The monoisotopic (exact) mass is 638 g/mol. The maximum absolute atomic E-state index is 3.72. The smallest absolute Gasteiger partial charge is 0.0260 e. The van der Waals surface area contributed by atoms with Crippen LogP contribution in [0.4, 0.5) is 0 Å². The zero-order valence-electron chi connectivity index (χ0n) is 11.3. The zero-order chi connectivity index (χ0) is 15.7. The van der Waals surface area contributed by atoms with Gasteiger partial charge in [0.15, 0.2) is 0 Å². The van der Waals surface area contributed by atoms with Gasteiger partial charge in [-0.25, -0.2) is 0 Å². The van der Waals surface area contributed by atoms with Crippen LogP contribution in [0.5, 0.6) is 0 Å². The molecule has 0 spiro atoms. The summed E-state index contributed by atoms with van der Waals surface area (Å²) >= 11 is 12.1. The minimum atomic E-state index is 1.10. The third-order valence-electron chi connectivity index (χ3n) is 3.37. The van der Waals surface area contributed by atoms with Crippen molar-refractivity contribution >= 4 is 77.0 Å². The van der Waals surface area contributed by atoms with Crippen molar-refractivity contribution in [3.05, 3.63) is 76.7 Å². The molecular formula is C18H10Br2I2. The van der Waals surface area contributed by atoms with Crippen LogP contribution in [-0.2, 0) is 0 Å². The number of halogens is 4. The first kappa shape index (κ1) is 16.9. The molecule has 3 rings (SSSR count). The van der Waals surface area contributed by atoms with Gasteiger partial charge in [0.05, 0.1) is 0 Å². The fraction of sp³-hybridized carbons (Fsp3) is 0. The normalized spacial score (nSPS) is 10.7. The van der Waals surface area contributed by atoms with Crippen molar-refractivity contribution in [3.8, 4) is 22.3 Å². The van der Waals surface area contributed by atoms with Gasteiger partial charge >= 0.3 is 0 Å². The van der Waals surface area contributed by atoms with Crippen LogP contribution < -0.4 is 0 Å². The van der Waals surface area contributed by atoms with Crippen LogP contribution in [0.25, 0.3) is 22.3 Å². The van der Waals surface area contributed by atoms with E-state index in [0.29, 0.717) is 0 Å². The van der Waals surface area contributed by atoms with E-state index in [-0.39, 0.29) is 0 Å². The Morgan fingerprint density at radius 1 is 0.545 bits per heavy atom. The highest BCUT2D eigenvalue weighted by Crippen LogP contribution is 2.38. The maximum Gasteiger partial charge on any atom is 0.0260 e. The van der Waals surface area contributed by atoms with Gasteiger partial charge in [-0.3, -0.25) is 0 Å². The first-order chi connectivity index (χ1) is 10.5. The highest BCUT2D eigenvalue weighted by Gasteiger charge is 2.10. The summed E-state index contributed by atoms with van der Waals surface area (Å²) in [6, 6.07) is 21.5. The molecule has 0 N–H and O–H groups in total. The molecular weight excluding hydrogens is 630 g/mol. The first-order valence-corrected chi connectivity index (χ1v) is 10.3. The van der Waals surface area contributed by atoms with Gasteiger partial charge in [0.2, 0.25) is 0 Å². The number of rotatable bonds is 2. The van der Waals surface area contributed by atoms with Gasteiger partial charge in [-0.15, -0.1) is 0 Å². The molecule has 4 heteroatoms. The second kappa shape index (κ2) is 7.32. The lowest BCUT2D eigenvalue weighted by Gasteiger charge is -2.11. The Bertz CT molecular complexity index is 738. The summed E-state index contributed by atoms with van der Waals surface area (Å²) in [6.07, 6.45) is 0. The van der Waals surface area contributed by atoms with Crippen LogP contribution in [0, 0.1) is 7.14 Å². The molecule has 0 aliphatic heterocycles. The molecule has 0 nitrogen and oxygen atoms in total. The molecule has 0 atom stereocenters. The van der Waals surface area contributed by atoms with Gasteiger partial charge in [0.1, 0.15) is 0 Å². The van der Waals surface area contributed by atoms with Crippen LogP contribution in [0.3, 0.4) is 0 Å². The van der Waals surface area contributed by atoms with Crippen molar-refractivity contribution in [2.24, 2.45) is 0 Å². The molecule has 3 aromatic rings. The second-order valence-corrected chi connectivity index (χ2v) is 9.03. The van der Waals surface area contributed by atoms with E-state index in [2.05, 4.69) is 138 Å². The zero-order valence-corrected chi connectivity index (χ0v) is 18.8. The van der Waals surface area contributed by atoms with Gasteiger partial charge < -0.3 is 0 Å². The van der Waals surface area contributed by atoms with E-state index in [1.165, 1.54) is 29.4 Å². The average molecular weight is 640 g/mol. The maximum atomic E-state index is 3.72. The molecule has 0 aromatic heterocycles. The molecule has 0 aliphatic carbocycles. The molecule has 0 heterocycles. The molecule has 0 saturated heterocycles. The minimum absolute atomic E-state index is 1.10. The second-order valence-electron chi connectivity index (χ2n) is 4.83. The number of benzene rings is 3. The molecule has 0 bridgehead atoms. The summed E-state index contributed by atoms with van der Waals surface area (Å²) < 4.78 is 4.69. The quantitative estimate of drug-likeness (QED) is 0.252. The van der Waals surface area contributed by atoms with Crippen LogP contribution in [-0.4, -0.2) is 0 Å². The average Bonchev–Trinajstić information content (AvgIpc) is 2.51. The van der Waals surface area contributed by atoms with Crippen LogP contribution >= 0.6 is 77.0 Å². The van der Waals surface area contributed by atoms with E-state index >= 15 is 0 Å². The van der Waals surface area contributed by atoms with Crippen molar-refractivity contribution in [2.75, 3.05) is 0 Å². The van der Waals surface area contributed by atoms with Crippen molar-refractivity contribution < 1.29 is 0 Å². The molecule has 0 aliphatic rings. The third-order valence-corrected chi connectivity index (χ3v) is 6.12. The van der Waals surface area contributed by atoms with Gasteiger partial charge in [0.25, 0.3) is 0 Å². The van der Waals surface area contributed by atoms with Crippen LogP contribution in [0.1, 0.15) is 0 Å². The number of hydrogen-bond donors (Lipinski definition) is 0. The van der Waals surface area contributed by atoms with E-state index < -0.39 is 0 Å². The number of hydrogen-bond acceptors (Lipinski definition) is 0. The van der Waals surface area contributed by atoms with E-state index in [1.54, 1.807) is 0 Å². The van der Waals surface area contributed by atoms with E-state index in [1.807, 2.05) is 0 Å². The lowest BCUT2D eigenvalue weighted by atomic mass is 10.0. The topological polar surface area (TPSA) is 0 Å². The fourth-order valence-electron chi connectivity index (χ4n) is 2.25. The summed E-state index contributed by atoms with van der Waals surface area (Å²) in [5.41, 5.74) is 4.80. The summed E-state index contributed by atoms with van der Waals surface area (Å²) in [5.74, 6) is 0.